The van der Waals surface area contributed by atoms with Gasteiger partial charge in [0.2, 0.25) is 5.56 Å². The molecule has 1 aromatic heterocycles. The maximum absolute atomic E-state index is 12.6. The minimum Gasteiger partial charge on any atom is -0.345 e. The van der Waals surface area contributed by atoms with E-state index in [2.05, 4.69) is 10.3 Å². The highest BCUT2D eigenvalue weighted by atomic mass is 16.2. The fourth-order valence-electron chi connectivity index (χ4n) is 2.58. The lowest BCUT2D eigenvalue weighted by atomic mass is 10.1. The Labute approximate surface area is 144 Å². The van der Waals surface area contributed by atoms with Gasteiger partial charge in [0.25, 0.3) is 11.8 Å². The van der Waals surface area contributed by atoms with Gasteiger partial charge in [0.15, 0.2) is 0 Å². The Morgan fingerprint density at radius 3 is 2.52 bits per heavy atom. The Morgan fingerprint density at radius 2 is 1.76 bits per heavy atom. The molecule has 0 aliphatic rings. The number of aromatic amines is 1. The summed E-state index contributed by atoms with van der Waals surface area (Å²) >= 11 is 0. The zero-order valence-corrected chi connectivity index (χ0v) is 13.9. The molecule has 3 rings (SSSR count). The van der Waals surface area contributed by atoms with Gasteiger partial charge in [-0.15, -0.1) is 0 Å². The van der Waals surface area contributed by atoms with E-state index in [1.54, 1.807) is 62.6 Å². The number of carbonyl (C=O) groups is 2. The number of anilines is 1. The fourth-order valence-corrected chi connectivity index (χ4v) is 2.58. The molecule has 0 saturated heterocycles. The van der Waals surface area contributed by atoms with Crippen LogP contribution in [0.25, 0.3) is 10.9 Å². The second-order valence-corrected chi connectivity index (χ2v) is 5.83. The van der Waals surface area contributed by atoms with Crippen molar-refractivity contribution in [2.24, 2.45) is 0 Å². The third kappa shape index (κ3) is 3.42. The third-order valence-corrected chi connectivity index (χ3v) is 3.77. The van der Waals surface area contributed by atoms with Crippen LogP contribution in [0.15, 0.2) is 59.4 Å². The molecule has 2 aromatic carbocycles. The minimum atomic E-state index is -0.406. The van der Waals surface area contributed by atoms with Crippen LogP contribution >= 0.6 is 0 Å². The number of aromatic nitrogens is 1. The molecule has 2 N–H and O–H groups in total. The highest BCUT2D eigenvalue weighted by Gasteiger charge is 2.13. The van der Waals surface area contributed by atoms with E-state index in [0.29, 0.717) is 22.2 Å². The van der Waals surface area contributed by atoms with Crippen molar-refractivity contribution >= 4 is 28.4 Å². The summed E-state index contributed by atoms with van der Waals surface area (Å²) in [5, 5.41) is 3.40. The molecule has 0 spiro atoms. The van der Waals surface area contributed by atoms with Crippen molar-refractivity contribution in [3.05, 3.63) is 76.1 Å². The zero-order chi connectivity index (χ0) is 18.0. The summed E-state index contributed by atoms with van der Waals surface area (Å²) < 4.78 is 0. The van der Waals surface area contributed by atoms with Gasteiger partial charge in [-0.25, -0.2) is 0 Å². The van der Waals surface area contributed by atoms with Crippen LogP contribution in [-0.4, -0.2) is 35.8 Å². The van der Waals surface area contributed by atoms with Crippen molar-refractivity contribution in [3.8, 4) is 0 Å². The van der Waals surface area contributed by atoms with Crippen molar-refractivity contribution in [2.45, 2.75) is 0 Å². The van der Waals surface area contributed by atoms with Gasteiger partial charge < -0.3 is 15.2 Å². The number of nitrogens with zero attached hydrogens (tertiary/aromatic N) is 1. The first kappa shape index (κ1) is 16.4. The monoisotopic (exact) mass is 335 g/mol. The molecule has 1 heterocycles. The fraction of sp³-hybridized carbons (Fsp3) is 0.105. The molecule has 0 saturated carbocycles. The molecule has 6 nitrogen and oxygen atoms in total. The molecule has 2 amide bonds. The molecule has 0 fully saturated rings. The number of nitrogens with one attached hydrogen (secondary N) is 2. The lowest BCUT2D eigenvalue weighted by Crippen LogP contribution is -2.22. The van der Waals surface area contributed by atoms with Crippen LogP contribution in [0.4, 0.5) is 5.69 Å². The number of pyridine rings is 1. The highest BCUT2D eigenvalue weighted by Crippen LogP contribution is 2.18. The summed E-state index contributed by atoms with van der Waals surface area (Å²) in [5.41, 5.74) is 1.49. The topological polar surface area (TPSA) is 82.3 Å². The van der Waals surface area contributed by atoms with E-state index in [-0.39, 0.29) is 17.0 Å². The van der Waals surface area contributed by atoms with Gasteiger partial charge in [-0.2, -0.15) is 0 Å². The lowest BCUT2D eigenvalue weighted by molar-refractivity contribution is 0.0827. The van der Waals surface area contributed by atoms with Crippen LogP contribution in [0.3, 0.4) is 0 Å². The summed E-state index contributed by atoms with van der Waals surface area (Å²) in [4.78, 5) is 40.6. The number of benzene rings is 2. The molecular formula is C19H17N3O3. The van der Waals surface area contributed by atoms with Gasteiger partial charge in [0.05, 0.1) is 5.56 Å². The smallest absolute Gasteiger partial charge is 0.256 e. The molecule has 25 heavy (non-hydrogen) atoms. The van der Waals surface area contributed by atoms with E-state index >= 15 is 0 Å². The number of hydrogen-bond acceptors (Lipinski definition) is 3. The number of amides is 2. The molecule has 0 unspecified atom stereocenters. The molecule has 0 bridgehead atoms. The Balaban J connectivity index is 1.95. The Hall–Kier alpha value is -3.41. The number of fused-ring (bicyclic) bond motifs is 1. The van der Waals surface area contributed by atoms with Gasteiger partial charge in [-0.05, 0) is 24.3 Å². The van der Waals surface area contributed by atoms with Crippen molar-refractivity contribution in [2.75, 3.05) is 19.4 Å². The highest BCUT2D eigenvalue weighted by molar-refractivity contribution is 6.12. The maximum Gasteiger partial charge on any atom is 0.256 e. The van der Waals surface area contributed by atoms with E-state index in [9.17, 15) is 14.4 Å². The zero-order valence-electron chi connectivity index (χ0n) is 13.9. The lowest BCUT2D eigenvalue weighted by Gasteiger charge is -2.12. The van der Waals surface area contributed by atoms with Gasteiger partial charge in [0.1, 0.15) is 0 Å². The standard InChI is InChI=1S/C19H17N3O3/c1-22(2)19(25)12-6-5-7-13(10-12)20-18(24)15-11-17(23)21-16-9-4-3-8-14(15)16/h3-11H,1-2H3,(H,20,24)(H,21,23). The number of H-pyrrole nitrogens is 1. The number of carbonyl (C=O) groups excluding carboxylic acids is 2. The molecular weight excluding hydrogens is 318 g/mol. The number of rotatable bonds is 3. The molecule has 0 aliphatic carbocycles. The minimum absolute atomic E-state index is 0.155. The molecule has 0 atom stereocenters. The van der Waals surface area contributed by atoms with E-state index < -0.39 is 5.91 Å². The van der Waals surface area contributed by atoms with Crippen molar-refractivity contribution < 1.29 is 9.59 Å². The first-order valence-corrected chi connectivity index (χ1v) is 7.71. The van der Waals surface area contributed by atoms with Gasteiger partial charge >= 0.3 is 0 Å². The van der Waals surface area contributed by atoms with Gasteiger partial charge in [-0.1, -0.05) is 24.3 Å². The first-order valence-electron chi connectivity index (χ1n) is 7.71. The quantitative estimate of drug-likeness (QED) is 0.771. The molecule has 3 aromatic rings. The summed E-state index contributed by atoms with van der Waals surface area (Å²) in [6.45, 7) is 0. The predicted octanol–water partition coefficient (Wildman–Crippen LogP) is 2.48. The number of hydrogen-bond donors (Lipinski definition) is 2. The normalized spacial score (nSPS) is 10.5. The van der Waals surface area contributed by atoms with Crippen molar-refractivity contribution in [3.63, 3.8) is 0 Å². The summed E-state index contributed by atoms with van der Waals surface area (Å²) in [5.74, 6) is -0.561. The molecule has 6 heteroatoms. The number of para-hydroxylation sites is 1. The molecule has 0 radical (unpaired) electrons. The second kappa shape index (κ2) is 6.60. The molecule has 0 aliphatic heterocycles. The molecule has 126 valence electrons. The van der Waals surface area contributed by atoms with E-state index in [4.69, 9.17) is 0 Å². The third-order valence-electron chi connectivity index (χ3n) is 3.77. The largest absolute Gasteiger partial charge is 0.345 e. The van der Waals surface area contributed by atoms with Crippen LogP contribution in [0.2, 0.25) is 0 Å². The van der Waals surface area contributed by atoms with E-state index in [0.717, 1.165) is 0 Å². The van der Waals surface area contributed by atoms with E-state index in [1.165, 1.54) is 11.0 Å². The van der Waals surface area contributed by atoms with Crippen LogP contribution in [0.1, 0.15) is 20.7 Å². The summed E-state index contributed by atoms with van der Waals surface area (Å²) in [7, 11) is 3.33. The SMILES string of the molecule is CN(C)C(=O)c1cccc(NC(=O)c2cc(=O)[nH]c3ccccc23)c1. The maximum atomic E-state index is 12.6. The van der Waals surface area contributed by atoms with Crippen LogP contribution in [0.5, 0.6) is 0 Å². The second-order valence-electron chi connectivity index (χ2n) is 5.83. The van der Waals surface area contributed by atoms with Crippen molar-refractivity contribution in [1.82, 2.24) is 9.88 Å². The van der Waals surface area contributed by atoms with Crippen LogP contribution in [-0.2, 0) is 0 Å². The predicted molar refractivity (Wildman–Crippen MR) is 97.0 cm³/mol. The Kier molecular flexibility index (Phi) is 4.35. The summed E-state index contributed by atoms with van der Waals surface area (Å²) in [6, 6.07) is 15.0. The Bertz CT molecular complexity index is 1020. The van der Waals surface area contributed by atoms with Gasteiger partial charge in [0, 0.05) is 42.3 Å². The van der Waals surface area contributed by atoms with Gasteiger partial charge in [-0.3, -0.25) is 14.4 Å². The van der Waals surface area contributed by atoms with Crippen LogP contribution in [0, 0.1) is 0 Å². The Morgan fingerprint density at radius 1 is 1.00 bits per heavy atom. The summed E-state index contributed by atoms with van der Waals surface area (Å²) in [6.07, 6.45) is 0. The van der Waals surface area contributed by atoms with E-state index in [1.807, 2.05) is 0 Å². The first-order chi connectivity index (χ1) is 12.0. The van der Waals surface area contributed by atoms with Crippen molar-refractivity contribution in [1.29, 1.82) is 0 Å². The average molecular weight is 335 g/mol. The average Bonchev–Trinajstić information content (AvgIpc) is 2.60. The van der Waals surface area contributed by atoms with Crippen LogP contribution < -0.4 is 10.9 Å².